The van der Waals surface area contributed by atoms with Gasteiger partial charge in [0.25, 0.3) is 0 Å². The second-order valence-corrected chi connectivity index (χ2v) is 5.28. The van der Waals surface area contributed by atoms with Gasteiger partial charge in [0, 0.05) is 5.54 Å². The van der Waals surface area contributed by atoms with Gasteiger partial charge in [-0.05, 0) is 44.1 Å². The maximum Gasteiger partial charge on any atom is 0.414 e. The summed E-state index contributed by atoms with van der Waals surface area (Å²) >= 11 is 0. The van der Waals surface area contributed by atoms with Crippen LogP contribution in [0.5, 0.6) is 0 Å². The first-order valence-electron chi connectivity index (χ1n) is 6.07. The predicted octanol–water partition coefficient (Wildman–Crippen LogP) is 1.33. The highest BCUT2D eigenvalue weighted by atomic mass is 16.4. The third-order valence-corrected chi connectivity index (χ3v) is 3.91. The van der Waals surface area contributed by atoms with Crippen LogP contribution in [0.15, 0.2) is 0 Å². The highest BCUT2D eigenvalue weighted by molar-refractivity contribution is 6.27. The number of carboxylic acids is 2. The molecule has 2 rings (SSSR count). The molecule has 17 heavy (non-hydrogen) atoms. The van der Waals surface area contributed by atoms with Crippen molar-refractivity contribution < 1.29 is 19.8 Å². The van der Waals surface area contributed by atoms with Gasteiger partial charge >= 0.3 is 11.9 Å². The van der Waals surface area contributed by atoms with E-state index in [2.05, 4.69) is 19.2 Å². The molecule has 1 heterocycles. The maximum atomic E-state index is 9.10. The molecule has 1 aliphatic carbocycles. The molecule has 2 aliphatic rings. The van der Waals surface area contributed by atoms with Crippen LogP contribution >= 0.6 is 0 Å². The summed E-state index contributed by atoms with van der Waals surface area (Å²) in [5.41, 5.74) is 0.582. The van der Waals surface area contributed by atoms with E-state index in [1.165, 1.54) is 32.2 Å². The Labute approximate surface area is 101 Å². The molecule has 0 aromatic heterocycles. The van der Waals surface area contributed by atoms with Crippen molar-refractivity contribution in [3.05, 3.63) is 0 Å². The second-order valence-electron chi connectivity index (χ2n) is 5.28. The summed E-state index contributed by atoms with van der Waals surface area (Å²) < 4.78 is 0. The lowest BCUT2D eigenvalue weighted by Gasteiger charge is -2.23. The number of rotatable bonds is 0. The van der Waals surface area contributed by atoms with E-state index in [-0.39, 0.29) is 0 Å². The van der Waals surface area contributed by atoms with Crippen molar-refractivity contribution in [3.63, 3.8) is 0 Å². The van der Waals surface area contributed by atoms with Crippen LogP contribution in [0, 0.1) is 11.8 Å². The summed E-state index contributed by atoms with van der Waals surface area (Å²) in [6, 6.07) is 0. The average Bonchev–Trinajstić information content (AvgIpc) is 2.77. The van der Waals surface area contributed by atoms with Crippen molar-refractivity contribution in [2.24, 2.45) is 11.8 Å². The fraction of sp³-hybridized carbons (Fsp3) is 0.833. The average molecular weight is 243 g/mol. The van der Waals surface area contributed by atoms with E-state index in [1.807, 2.05) is 0 Å². The largest absolute Gasteiger partial charge is 0.473 e. The van der Waals surface area contributed by atoms with E-state index in [4.69, 9.17) is 19.8 Å². The Hall–Kier alpha value is -1.10. The van der Waals surface area contributed by atoms with Crippen molar-refractivity contribution in [1.29, 1.82) is 0 Å². The van der Waals surface area contributed by atoms with Crippen LogP contribution in [0.1, 0.15) is 39.5 Å². The Bertz CT molecular complexity index is 273. The summed E-state index contributed by atoms with van der Waals surface area (Å²) in [4.78, 5) is 18.2. The SMILES string of the molecule is CC1CC2(CCCN2)CC1C.O=C(O)C(=O)O. The highest BCUT2D eigenvalue weighted by Crippen LogP contribution is 2.43. The van der Waals surface area contributed by atoms with Crippen LogP contribution in [0.3, 0.4) is 0 Å². The molecule has 5 heteroatoms. The van der Waals surface area contributed by atoms with Gasteiger partial charge in [-0.1, -0.05) is 13.8 Å². The van der Waals surface area contributed by atoms with E-state index in [9.17, 15) is 0 Å². The lowest BCUT2D eigenvalue weighted by Crippen LogP contribution is -2.36. The molecule has 0 bridgehead atoms. The number of hydrogen-bond donors (Lipinski definition) is 3. The fourth-order valence-electron chi connectivity index (χ4n) is 2.94. The minimum atomic E-state index is -1.82. The Morgan fingerprint density at radius 3 is 1.88 bits per heavy atom. The molecule has 2 atom stereocenters. The number of carboxylic acid groups (broad SMARTS) is 2. The lowest BCUT2D eigenvalue weighted by molar-refractivity contribution is -0.159. The quantitative estimate of drug-likeness (QED) is 0.559. The first kappa shape index (κ1) is 14.0. The van der Waals surface area contributed by atoms with Crippen molar-refractivity contribution >= 4 is 11.9 Å². The van der Waals surface area contributed by atoms with Gasteiger partial charge in [-0.3, -0.25) is 0 Å². The number of hydrogen-bond acceptors (Lipinski definition) is 3. The molecule has 0 aromatic rings. The topological polar surface area (TPSA) is 86.6 Å². The zero-order valence-electron chi connectivity index (χ0n) is 10.4. The van der Waals surface area contributed by atoms with Crippen LogP contribution in [0.2, 0.25) is 0 Å². The van der Waals surface area contributed by atoms with E-state index in [1.54, 1.807) is 0 Å². The van der Waals surface area contributed by atoms with Crippen LogP contribution in [0.25, 0.3) is 0 Å². The summed E-state index contributed by atoms with van der Waals surface area (Å²) in [6.45, 7) is 6.07. The van der Waals surface area contributed by atoms with E-state index < -0.39 is 11.9 Å². The number of nitrogens with one attached hydrogen (secondary N) is 1. The van der Waals surface area contributed by atoms with Crippen LogP contribution in [-0.4, -0.2) is 34.2 Å². The van der Waals surface area contributed by atoms with Gasteiger partial charge in [0.05, 0.1) is 0 Å². The molecular weight excluding hydrogens is 222 g/mol. The number of aliphatic carboxylic acids is 2. The van der Waals surface area contributed by atoms with Crippen molar-refractivity contribution in [2.45, 2.75) is 45.1 Å². The monoisotopic (exact) mass is 243 g/mol. The molecule has 98 valence electrons. The Morgan fingerprint density at radius 2 is 1.59 bits per heavy atom. The minimum absolute atomic E-state index is 0.582. The summed E-state index contributed by atoms with van der Waals surface area (Å²) in [5.74, 6) is -1.76. The standard InChI is InChI=1S/C10H19N.C2H2O4/c1-8-6-10(7-9(8)2)4-3-5-11-10;3-1(4)2(5)6/h8-9,11H,3-7H2,1-2H3;(H,3,4)(H,5,6). The van der Waals surface area contributed by atoms with Gasteiger partial charge in [0.15, 0.2) is 0 Å². The maximum absolute atomic E-state index is 9.10. The van der Waals surface area contributed by atoms with E-state index in [0.717, 1.165) is 11.8 Å². The first-order chi connectivity index (χ1) is 7.86. The lowest BCUT2D eigenvalue weighted by atomic mass is 9.94. The van der Waals surface area contributed by atoms with Crippen molar-refractivity contribution in [1.82, 2.24) is 5.32 Å². The smallest absolute Gasteiger partial charge is 0.414 e. The molecular formula is C12H21NO4. The summed E-state index contributed by atoms with van der Waals surface area (Å²) in [5, 5.41) is 18.5. The molecule has 1 spiro atoms. The number of carbonyl (C=O) groups is 2. The van der Waals surface area contributed by atoms with E-state index in [0.29, 0.717) is 5.54 Å². The molecule has 2 unspecified atom stereocenters. The second kappa shape index (κ2) is 5.49. The van der Waals surface area contributed by atoms with Gasteiger partial charge in [0.1, 0.15) is 0 Å². The normalized spacial score (nSPS) is 35.4. The predicted molar refractivity (Wildman–Crippen MR) is 62.8 cm³/mol. The Kier molecular flexibility index (Phi) is 4.51. The van der Waals surface area contributed by atoms with E-state index >= 15 is 0 Å². The molecule has 2 fully saturated rings. The molecule has 5 nitrogen and oxygen atoms in total. The van der Waals surface area contributed by atoms with Crippen LogP contribution in [0.4, 0.5) is 0 Å². The van der Waals surface area contributed by atoms with Crippen molar-refractivity contribution in [3.8, 4) is 0 Å². The molecule has 1 aliphatic heterocycles. The third-order valence-electron chi connectivity index (χ3n) is 3.91. The minimum Gasteiger partial charge on any atom is -0.473 e. The first-order valence-corrected chi connectivity index (χ1v) is 6.07. The summed E-state index contributed by atoms with van der Waals surface area (Å²) in [6.07, 6.45) is 5.68. The van der Waals surface area contributed by atoms with Gasteiger partial charge in [-0.2, -0.15) is 0 Å². The Morgan fingerprint density at radius 1 is 1.12 bits per heavy atom. The molecule has 0 amide bonds. The molecule has 0 aromatic carbocycles. The Balaban J connectivity index is 0.000000209. The van der Waals surface area contributed by atoms with Gasteiger partial charge < -0.3 is 15.5 Å². The van der Waals surface area contributed by atoms with Gasteiger partial charge in [-0.25, -0.2) is 9.59 Å². The van der Waals surface area contributed by atoms with Crippen LogP contribution in [-0.2, 0) is 9.59 Å². The zero-order chi connectivity index (χ0) is 13.1. The summed E-state index contributed by atoms with van der Waals surface area (Å²) in [7, 11) is 0. The molecule has 0 radical (unpaired) electrons. The van der Waals surface area contributed by atoms with Crippen molar-refractivity contribution in [2.75, 3.05) is 6.54 Å². The zero-order valence-corrected chi connectivity index (χ0v) is 10.4. The molecule has 1 saturated heterocycles. The van der Waals surface area contributed by atoms with Gasteiger partial charge in [-0.15, -0.1) is 0 Å². The molecule has 1 saturated carbocycles. The fourth-order valence-corrected chi connectivity index (χ4v) is 2.94. The van der Waals surface area contributed by atoms with Gasteiger partial charge in [0.2, 0.25) is 0 Å². The molecule has 3 N–H and O–H groups in total. The third kappa shape index (κ3) is 3.70. The highest BCUT2D eigenvalue weighted by Gasteiger charge is 2.42. The van der Waals surface area contributed by atoms with Crippen LogP contribution < -0.4 is 5.32 Å².